The summed E-state index contributed by atoms with van der Waals surface area (Å²) in [6.07, 6.45) is 4.74. The van der Waals surface area contributed by atoms with Crippen molar-refractivity contribution in [3.05, 3.63) is 24.3 Å². The molecule has 0 aromatic rings. The van der Waals surface area contributed by atoms with Crippen LogP contribution in [-0.4, -0.2) is 33.9 Å². The molecule has 4 nitrogen and oxygen atoms in total. The maximum Gasteiger partial charge on any atom is 0.328 e. The SMILES string of the molecule is O=C(O)/C=C/CCl.O=C(O)/C=C/CCl.[Cd]. The summed E-state index contributed by atoms with van der Waals surface area (Å²) < 4.78 is 0. The van der Waals surface area contributed by atoms with Gasteiger partial charge < -0.3 is 10.2 Å². The van der Waals surface area contributed by atoms with Gasteiger partial charge in [-0.25, -0.2) is 9.59 Å². The minimum absolute atomic E-state index is 0. The smallest absolute Gasteiger partial charge is 0.328 e. The minimum Gasteiger partial charge on any atom is -0.478 e. The van der Waals surface area contributed by atoms with Crippen molar-refractivity contribution in [2.24, 2.45) is 0 Å². The number of hydrogen-bond acceptors (Lipinski definition) is 2. The summed E-state index contributed by atoms with van der Waals surface area (Å²) in [6, 6.07) is 0. The summed E-state index contributed by atoms with van der Waals surface area (Å²) in [5.41, 5.74) is 0. The van der Waals surface area contributed by atoms with Crippen molar-refractivity contribution in [2.75, 3.05) is 11.8 Å². The molecule has 82 valence electrons. The molecule has 0 aromatic heterocycles. The molecule has 0 fully saturated rings. The molecule has 2 N–H and O–H groups in total. The Morgan fingerprint density at radius 2 is 1.20 bits per heavy atom. The van der Waals surface area contributed by atoms with Crippen LogP contribution in [0.1, 0.15) is 0 Å². The average Bonchev–Trinajstić information content (AvgIpc) is 2.12. The zero-order valence-corrected chi connectivity index (χ0v) is 13.4. The number of carboxylic acids is 2. The van der Waals surface area contributed by atoms with Crippen LogP contribution in [0, 0.1) is 0 Å². The minimum atomic E-state index is -0.958. The van der Waals surface area contributed by atoms with E-state index in [1.54, 1.807) is 0 Å². The van der Waals surface area contributed by atoms with Gasteiger partial charge in [-0.3, -0.25) is 0 Å². The molecule has 0 amide bonds. The number of hydrogen-bond donors (Lipinski definition) is 2. The van der Waals surface area contributed by atoms with Crippen LogP contribution in [0.4, 0.5) is 0 Å². The van der Waals surface area contributed by atoms with Crippen LogP contribution >= 0.6 is 23.2 Å². The average molecular weight is 353 g/mol. The summed E-state index contributed by atoms with van der Waals surface area (Å²) in [5, 5.41) is 15.8. The molecule has 0 aromatic carbocycles. The fraction of sp³-hybridized carbons (Fsp3) is 0.250. The maximum absolute atomic E-state index is 9.61. The van der Waals surface area contributed by atoms with Gasteiger partial charge in [0.05, 0.1) is 0 Å². The molecule has 15 heavy (non-hydrogen) atoms. The Bertz CT molecular complexity index is 205. The Balaban J connectivity index is -0.000000180. The Labute approximate surface area is 118 Å². The number of carboxylic acid groups (broad SMARTS) is 2. The van der Waals surface area contributed by atoms with Crippen molar-refractivity contribution >= 4 is 35.1 Å². The second-order valence-corrected chi connectivity index (χ2v) is 2.41. The summed E-state index contributed by atoms with van der Waals surface area (Å²) in [4.78, 5) is 19.2. The van der Waals surface area contributed by atoms with Gasteiger partial charge in [0, 0.05) is 51.2 Å². The number of allylic oxidation sites excluding steroid dienone is 2. The van der Waals surface area contributed by atoms with E-state index in [0.29, 0.717) is 0 Å². The molecular weight excluding hydrogens is 343 g/mol. The van der Waals surface area contributed by atoms with Gasteiger partial charge in [-0.15, -0.1) is 23.2 Å². The zero-order valence-electron chi connectivity index (χ0n) is 7.90. The Morgan fingerprint density at radius 1 is 0.933 bits per heavy atom. The van der Waals surface area contributed by atoms with Gasteiger partial charge in [0.25, 0.3) is 0 Å². The van der Waals surface area contributed by atoms with Gasteiger partial charge in [0.15, 0.2) is 0 Å². The monoisotopic (exact) mass is 354 g/mol. The van der Waals surface area contributed by atoms with Crippen LogP contribution in [0.15, 0.2) is 24.3 Å². The molecule has 0 atom stereocenters. The standard InChI is InChI=1S/2C4H5ClO2.Cd/c2*5-3-1-2-4(6)7;/h2*1-2H,3H2,(H,6,7);/b2*2-1+;. The molecule has 0 aliphatic rings. The largest absolute Gasteiger partial charge is 0.478 e. The first-order valence-electron chi connectivity index (χ1n) is 3.45. The third-order valence-electron chi connectivity index (χ3n) is 0.699. The molecule has 0 saturated carbocycles. The first-order chi connectivity index (χ1) is 6.54. The van der Waals surface area contributed by atoms with E-state index in [1.807, 2.05) is 0 Å². The van der Waals surface area contributed by atoms with Gasteiger partial charge in [0.1, 0.15) is 0 Å². The molecule has 7 heteroatoms. The number of carbonyl (C=O) groups is 2. The number of alkyl halides is 2. The first-order valence-corrected chi connectivity index (χ1v) is 4.52. The second-order valence-electron chi connectivity index (χ2n) is 1.79. The van der Waals surface area contributed by atoms with E-state index in [-0.39, 0.29) is 39.1 Å². The number of aliphatic carboxylic acids is 2. The van der Waals surface area contributed by atoms with Gasteiger partial charge in [-0.1, -0.05) is 12.2 Å². The Hall–Kier alpha value is -0.0779. The third kappa shape index (κ3) is 31.5. The van der Waals surface area contributed by atoms with Crippen molar-refractivity contribution in [1.29, 1.82) is 0 Å². The van der Waals surface area contributed by atoms with Crippen molar-refractivity contribution < 1.29 is 47.1 Å². The van der Waals surface area contributed by atoms with E-state index < -0.39 is 11.9 Å². The molecule has 0 unspecified atom stereocenters. The number of halogens is 2. The molecule has 0 saturated heterocycles. The van der Waals surface area contributed by atoms with Crippen LogP contribution in [0.3, 0.4) is 0 Å². The van der Waals surface area contributed by atoms with Crippen molar-refractivity contribution in [2.45, 2.75) is 0 Å². The molecular formula is C8H10CdCl2O4. The summed E-state index contributed by atoms with van der Waals surface area (Å²) >= 11 is 10.2. The molecule has 0 aliphatic carbocycles. The van der Waals surface area contributed by atoms with Crippen molar-refractivity contribution in [1.82, 2.24) is 0 Å². The van der Waals surface area contributed by atoms with E-state index in [9.17, 15) is 9.59 Å². The van der Waals surface area contributed by atoms with Crippen LogP contribution in [0.25, 0.3) is 0 Å². The second kappa shape index (κ2) is 16.4. The van der Waals surface area contributed by atoms with Gasteiger partial charge in [-0.05, 0) is 0 Å². The Kier molecular flexibility index (Phi) is 22.2. The first kappa shape index (κ1) is 20.3. The van der Waals surface area contributed by atoms with Crippen molar-refractivity contribution in [3.8, 4) is 0 Å². The predicted molar refractivity (Wildman–Crippen MR) is 55.0 cm³/mol. The molecule has 0 radical (unpaired) electrons. The molecule has 0 spiro atoms. The van der Waals surface area contributed by atoms with Crippen LogP contribution < -0.4 is 0 Å². The van der Waals surface area contributed by atoms with Crippen molar-refractivity contribution in [3.63, 3.8) is 0 Å². The van der Waals surface area contributed by atoms with Gasteiger partial charge in [-0.2, -0.15) is 0 Å². The fourth-order valence-corrected chi connectivity index (χ4v) is 0.469. The third-order valence-corrected chi connectivity index (χ3v) is 1.06. The quantitative estimate of drug-likeness (QED) is 0.459. The van der Waals surface area contributed by atoms with E-state index in [2.05, 4.69) is 0 Å². The van der Waals surface area contributed by atoms with E-state index in [1.165, 1.54) is 12.2 Å². The zero-order chi connectivity index (χ0) is 11.4. The van der Waals surface area contributed by atoms with E-state index in [0.717, 1.165) is 12.2 Å². The van der Waals surface area contributed by atoms with Crippen LogP contribution in [0.5, 0.6) is 0 Å². The fourth-order valence-electron chi connectivity index (χ4n) is 0.291. The predicted octanol–water partition coefficient (Wildman–Crippen LogP) is 1.73. The number of rotatable bonds is 4. The summed E-state index contributed by atoms with van der Waals surface area (Å²) in [5.74, 6) is -1.40. The topological polar surface area (TPSA) is 74.6 Å². The van der Waals surface area contributed by atoms with E-state index >= 15 is 0 Å². The van der Waals surface area contributed by atoms with Crippen LogP contribution in [0.2, 0.25) is 0 Å². The van der Waals surface area contributed by atoms with Gasteiger partial charge in [0.2, 0.25) is 0 Å². The Morgan fingerprint density at radius 3 is 1.27 bits per heavy atom. The molecule has 0 bridgehead atoms. The van der Waals surface area contributed by atoms with E-state index in [4.69, 9.17) is 33.4 Å². The van der Waals surface area contributed by atoms with Gasteiger partial charge >= 0.3 is 11.9 Å². The maximum atomic E-state index is 9.61. The summed E-state index contributed by atoms with van der Waals surface area (Å²) in [6.45, 7) is 0. The molecule has 0 heterocycles. The molecule has 0 aliphatic heterocycles. The van der Waals surface area contributed by atoms with Crippen LogP contribution in [-0.2, 0) is 36.9 Å². The molecule has 0 rings (SSSR count). The normalized spacial score (nSPS) is 9.20. The summed E-state index contributed by atoms with van der Waals surface area (Å²) in [7, 11) is 0.